The molecule has 0 spiro atoms. The van der Waals surface area contributed by atoms with Crippen molar-refractivity contribution in [3.8, 4) is 5.75 Å². The lowest BCUT2D eigenvalue weighted by Gasteiger charge is -2.18. The summed E-state index contributed by atoms with van der Waals surface area (Å²) in [4.78, 5) is 26.6. The number of fused-ring (bicyclic) bond motifs is 1. The van der Waals surface area contributed by atoms with Crippen molar-refractivity contribution in [2.24, 2.45) is 5.92 Å². The first-order chi connectivity index (χ1) is 13.8. The van der Waals surface area contributed by atoms with Crippen molar-refractivity contribution in [2.75, 3.05) is 11.9 Å². The molecule has 1 aromatic carbocycles. The van der Waals surface area contributed by atoms with Gasteiger partial charge in [0.2, 0.25) is 0 Å². The van der Waals surface area contributed by atoms with Crippen LogP contribution in [0.4, 0.5) is 5.00 Å². The molecule has 1 N–H and O–H groups in total. The number of esters is 1. The van der Waals surface area contributed by atoms with Gasteiger partial charge in [-0.25, -0.2) is 4.79 Å². The van der Waals surface area contributed by atoms with Crippen LogP contribution in [0.5, 0.6) is 5.75 Å². The van der Waals surface area contributed by atoms with Gasteiger partial charge in [-0.3, -0.25) is 4.79 Å². The Labute approximate surface area is 176 Å². The Hall–Kier alpha value is -2.34. The normalized spacial score (nSPS) is 16.7. The molecule has 2 aromatic rings. The molecule has 5 nitrogen and oxygen atoms in total. The molecule has 0 fully saturated rings. The fourth-order valence-electron chi connectivity index (χ4n) is 3.65. The Kier molecular flexibility index (Phi) is 6.63. The maximum Gasteiger partial charge on any atom is 0.341 e. The van der Waals surface area contributed by atoms with Crippen molar-refractivity contribution in [1.82, 2.24) is 0 Å². The summed E-state index contributed by atoms with van der Waals surface area (Å²) < 4.78 is 11.1. The third-order valence-corrected chi connectivity index (χ3v) is 6.40. The molecule has 2 unspecified atom stereocenters. The third kappa shape index (κ3) is 4.81. The molecule has 2 atom stereocenters. The van der Waals surface area contributed by atoms with E-state index in [2.05, 4.69) is 12.2 Å². The van der Waals surface area contributed by atoms with Crippen LogP contribution in [-0.2, 0) is 22.4 Å². The first-order valence-corrected chi connectivity index (χ1v) is 11.0. The van der Waals surface area contributed by atoms with Crippen LogP contribution in [-0.4, -0.2) is 24.6 Å². The second-order valence-corrected chi connectivity index (χ2v) is 8.90. The summed E-state index contributed by atoms with van der Waals surface area (Å²) in [6.07, 6.45) is 2.11. The molecule has 3 rings (SSSR count). The largest absolute Gasteiger partial charge is 0.481 e. The van der Waals surface area contributed by atoms with Crippen LogP contribution in [0.15, 0.2) is 18.2 Å². The monoisotopic (exact) mass is 415 g/mol. The third-order valence-electron chi connectivity index (χ3n) is 5.23. The molecule has 1 aromatic heterocycles. The number of ether oxygens (including phenoxy) is 2. The number of benzene rings is 1. The molecule has 0 aliphatic heterocycles. The predicted octanol–water partition coefficient (Wildman–Crippen LogP) is 5.07. The lowest BCUT2D eigenvalue weighted by molar-refractivity contribution is -0.122. The highest BCUT2D eigenvalue weighted by atomic mass is 32.1. The van der Waals surface area contributed by atoms with E-state index in [0.29, 0.717) is 28.8 Å². The molecule has 0 bridgehead atoms. The molecule has 0 saturated heterocycles. The Balaban J connectivity index is 1.81. The average Bonchev–Trinajstić information content (AvgIpc) is 3.00. The van der Waals surface area contributed by atoms with E-state index in [1.807, 2.05) is 32.0 Å². The van der Waals surface area contributed by atoms with Gasteiger partial charge >= 0.3 is 5.97 Å². The molecule has 1 amide bonds. The number of hydrogen-bond donors (Lipinski definition) is 1. The molecule has 156 valence electrons. The van der Waals surface area contributed by atoms with Crippen molar-refractivity contribution in [3.63, 3.8) is 0 Å². The van der Waals surface area contributed by atoms with Crippen molar-refractivity contribution in [3.05, 3.63) is 45.3 Å². The number of carbonyl (C=O) groups is 2. The maximum absolute atomic E-state index is 12.8. The van der Waals surface area contributed by atoms with Crippen LogP contribution < -0.4 is 10.1 Å². The molecule has 1 heterocycles. The topological polar surface area (TPSA) is 64.6 Å². The quantitative estimate of drug-likeness (QED) is 0.669. The summed E-state index contributed by atoms with van der Waals surface area (Å²) in [5.74, 6) is 0.620. The Morgan fingerprint density at radius 3 is 2.76 bits per heavy atom. The summed E-state index contributed by atoms with van der Waals surface area (Å²) in [6, 6.07) is 5.86. The van der Waals surface area contributed by atoms with E-state index in [1.165, 1.54) is 16.2 Å². The Morgan fingerprint density at radius 1 is 1.31 bits per heavy atom. The standard InChI is InChI=1S/C23H29NO4S/c1-6-27-23(26)20-17-9-7-14(3)12-19(17)29-22(20)24-21(25)16(5)28-18-10-8-13(2)11-15(18)4/h8,10-11,14,16H,6-7,9,12H2,1-5H3,(H,24,25). The number of rotatable bonds is 6. The maximum atomic E-state index is 12.8. The number of thiophene rings is 1. The molecule has 1 aliphatic carbocycles. The number of aryl methyl sites for hydroxylation is 2. The highest BCUT2D eigenvalue weighted by molar-refractivity contribution is 7.17. The highest BCUT2D eigenvalue weighted by Crippen LogP contribution is 2.40. The molecule has 1 aliphatic rings. The van der Waals surface area contributed by atoms with Crippen LogP contribution in [0.1, 0.15) is 59.1 Å². The summed E-state index contributed by atoms with van der Waals surface area (Å²) in [5, 5.41) is 3.50. The molecular weight excluding hydrogens is 386 g/mol. The van der Waals surface area contributed by atoms with Gasteiger partial charge in [-0.1, -0.05) is 24.6 Å². The zero-order chi connectivity index (χ0) is 21.1. The zero-order valence-corrected chi connectivity index (χ0v) is 18.6. The van der Waals surface area contributed by atoms with Crippen molar-refractivity contribution in [1.29, 1.82) is 0 Å². The minimum atomic E-state index is -0.690. The van der Waals surface area contributed by atoms with E-state index >= 15 is 0 Å². The first-order valence-electron chi connectivity index (χ1n) is 10.2. The van der Waals surface area contributed by atoms with Crippen LogP contribution in [0, 0.1) is 19.8 Å². The van der Waals surface area contributed by atoms with Gasteiger partial charge in [0.1, 0.15) is 10.8 Å². The first kappa shape index (κ1) is 21.4. The van der Waals surface area contributed by atoms with E-state index < -0.39 is 6.10 Å². The number of amides is 1. The van der Waals surface area contributed by atoms with Crippen molar-refractivity contribution < 1.29 is 19.1 Å². The molecule has 6 heteroatoms. The van der Waals surface area contributed by atoms with Gasteiger partial charge < -0.3 is 14.8 Å². The van der Waals surface area contributed by atoms with E-state index in [4.69, 9.17) is 9.47 Å². The van der Waals surface area contributed by atoms with Gasteiger partial charge in [-0.15, -0.1) is 11.3 Å². The molecular formula is C23H29NO4S. The summed E-state index contributed by atoms with van der Waals surface area (Å²) in [6.45, 7) is 10.00. The Morgan fingerprint density at radius 2 is 2.07 bits per heavy atom. The molecule has 0 radical (unpaired) electrons. The minimum absolute atomic E-state index is 0.276. The van der Waals surface area contributed by atoms with E-state index in [1.54, 1.807) is 13.8 Å². The SMILES string of the molecule is CCOC(=O)c1c(NC(=O)C(C)Oc2ccc(C)cc2C)sc2c1CCC(C)C2. The van der Waals surface area contributed by atoms with Crippen LogP contribution in [0.25, 0.3) is 0 Å². The van der Waals surface area contributed by atoms with Gasteiger partial charge in [0.15, 0.2) is 6.10 Å². The van der Waals surface area contributed by atoms with E-state index in [-0.39, 0.29) is 11.9 Å². The van der Waals surface area contributed by atoms with Crippen LogP contribution in [0.3, 0.4) is 0 Å². The van der Waals surface area contributed by atoms with Gasteiger partial charge in [0.05, 0.1) is 12.2 Å². The second-order valence-electron chi connectivity index (χ2n) is 7.79. The number of carbonyl (C=O) groups excluding carboxylic acids is 2. The smallest absolute Gasteiger partial charge is 0.341 e. The van der Waals surface area contributed by atoms with Gasteiger partial charge in [-0.2, -0.15) is 0 Å². The minimum Gasteiger partial charge on any atom is -0.481 e. The van der Waals surface area contributed by atoms with Gasteiger partial charge in [-0.05, 0) is 70.1 Å². The Bertz CT molecular complexity index is 918. The van der Waals surface area contributed by atoms with Gasteiger partial charge in [0, 0.05) is 4.88 Å². The average molecular weight is 416 g/mol. The predicted molar refractivity (Wildman–Crippen MR) is 116 cm³/mol. The van der Waals surface area contributed by atoms with Crippen LogP contribution >= 0.6 is 11.3 Å². The molecule has 29 heavy (non-hydrogen) atoms. The van der Waals surface area contributed by atoms with Crippen molar-refractivity contribution >= 4 is 28.2 Å². The lowest BCUT2D eigenvalue weighted by Crippen LogP contribution is -2.30. The van der Waals surface area contributed by atoms with E-state index in [9.17, 15) is 9.59 Å². The fraction of sp³-hybridized carbons (Fsp3) is 0.478. The number of nitrogens with one attached hydrogen (secondary N) is 1. The van der Waals surface area contributed by atoms with Crippen molar-refractivity contribution in [2.45, 2.75) is 60.0 Å². The highest BCUT2D eigenvalue weighted by Gasteiger charge is 2.30. The number of anilines is 1. The van der Waals surface area contributed by atoms with Gasteiger partial charge in [0.25, 0.3) is 5.91 Å². The molecule has 0 saturated carbocycles. The van der Waals surface area contributed by atoms with E-state index in [0.717, 1.165) is 36.0 Å². The lowest BCUT2D eigenvalue weighted by atomic mass is 9.88. The summed E-state index contributed by atoms with van der Waals surface area (Å²) in [5.41, 5.74) is 3.68. The fourth-order valence-corrected chi connectivity index (χ4v) is 5.05. The summed E-state index contributed by atoms with van der Waals surface area (Å²) >= 11 is 1.49. The second kappa shape index (κ2) is 8.99. The summed E-state index contributed by atoms with van der Waals surface area (Å²) in [7, 11) is 0. The zero-order valence-electron chi connectivity index (χ0n) is 17.8. The number of hydrogen-bond acceptors (Lipinski definition) is 5. The van der Waals surface area contributed by atoms with Crippen LogP contribution in [0.2, 0.25) is 0 Å².